The molecule has 0 saturated carbocycles. The smallest absolute Gasteiger partial charge is 0.226 e. The average molecular weight is 293 g/mol. The molecule has 0 aliphatic carbocycles. The number of carbonyl (C=O) groups excluding carboxylic acids is 1. The average Bonchev–Trinajstić information content (AvgIpc) is 2.50. The van der Waals surface area contributed by atoms with Crippen LogP contribution in [0, 0.1) is 5.92 Å². The molecule has 1 atom stereocenters. The minimum atomic E-state index is -0.0480. The summed E-state index contributed by atoms with van der Waals surface area (Å²) in [6, 6.07) is 7.96. The third-order valence-corrected chi connectivity index (χ3v) is 4.64. The zero-order valence-electron chi connectivity index (χ0n) is 12.1. The highest BCUT2D eigenvalue weighted by Crippen LogP contribution is 2.26. The number of hydrogen-bond acceptors (Lipinski definition) is 3. The van der Waals surface area contributed by atoms with Crippen molar-refractivity contribution in [2.24, 2.45) is 5.92 Å². The van der Waals surface area contributed by atoms with E-state index < -0.39 is 0 Å². The van der Waals surface area contributed by atoms with Crippen LogP contribution in [0.15, 0.2) is 24.3 Å². The van der Waals surface area contributed by atoms with Crippen molar-refractivity contribution < 1.29 is 9.53 Å². The van der Waals surface area contributed by atoms with E-state index in [1.54, 1.807) is 0 Å². The molecule has 0 spiro atoms. The number of thioether (sulfide) groups is 1. The van der Waals surface area contributed by atoms with E-state index >= 15 is 0 Å². The molecule has 0 saturated heterocycles. The second-order valence-electron chi connectivity index (χ2n) is 5.08. The van der Waals surface area contributed by atoms with Gasteiger partial charge in [-0.3, -0.25) is 4.79 Å². The number of nitrogens with one attached hydrogen (secondary N) is 1. The predicted molar refractivity (Wildman–Crippen MR) is 84.4 cm³/mol. The Bertz CT molecular complexity index is 436. The lowest BCUT2D eigenvalue weighted by Gasteiger charge is -2.24. The van der Waals surface area contributed by atoms with Gasteiger partial charge in [0.15, 0.2) is 0 Å². The minimum Gasteiger partial charge on any atom is -0.492 e. The number of ether oxygens (including phenoxy) is 1. The van der Waals surface area contributed by atoms with Crippen LogP contribution in [-0.2, 0) is 11.2 Å². The Morgan fingerprint density at radius 2 is 2.25 bits per heavy atom. The highest BCUT2D eigenvalue weighted by molar-refractivity contribution is 7.99. The van der Waals surface area contributed by atoms with E-state index in [1.165, 1.54) is 12.2 Å². The molecule has 0 fully saturated rings. The molecule has 1 aromatic carbocycles. The fraction of sp³-hybridized carbons (Fsp3) is 0.562. The molecule has 0 radical (unpaired) electrons. The van der Waals surface area contributed by atoms with Crippen LogP contribution < -0.4 is 10.1 Å². The molecule has 1 aromatic rings. The van der Waals surface area contributed by atoms with Gasteiger partial charge >= 0.3 is 0 Å². The standard InChI is InChI=1S/C16H23NO2S/c1-2-9-20-10-5-8-17-16(18)14-11-13-6-3-4-7-15(13)19-12-14/h3-4,6-7,14H,2,5,8-12H2,1H3,(H,17,18)/t14-/m1/s1. The summed E-state index contributed by atoms with van der Waals surface area (Å²) in [5, 5.41) is 3.03. The van der Waals surface area contributed by atoms with Crippen molar-refractivity contribution in [2.75, 3.05) is 24.7 Å². The molecule has 1 heterocycles. The van der Waals surface area contributed by atoms with Gasteiger partial charge in [-0.25, -0.2) is 0 Å². The Hall–Kier alpha value is -1.16. The Morgan fingerprint density at radius 3 is 3.10 bits per heavy atom. The van der Waals surface area contributed by atoms with E-state index in [0.29, 0.717) is 6.61 Å². The summed E-state index contributed by atoms with van der Waals surface area (Å²) in [5.41, 5.74) is 1.14. The molecule has 20 heavy (non-hydrogen) atoms. The van der Waals surface area contributed by atoms with Crippen LogP contribution in [0.5, 0.6) is 5.75 Å². The topological polar surface area (TPSA) is 38.3 Å². The van der Waals surface area contributed by atoms with Gasteiger partial charge in [0.25, 0.3) is 0 Å². The van der Waals surface area contributed by atoms with E-state index in [1.807, 2.05) is 36.0 Å². The highest BCUT2D eigenvalue weighted by atomic mass is 32.2. The van der Waals surface area contributed by atoms with Crippen LogP contribution in [0.25, 0.3) is 0 Å². The Morgan fingerprint density at radius 1 is 1.40 bits per heavy atom. The lowest BCUT2D eigenvalue weighted by atomic mass is 9.96. The third-order valence-electron chi connectivity index (χ3n) is 3.36. The summed E-state index contributed by atoms with van der Waals surface area (Å²) in [5.74, 6) is 3.33. The summed E-state index contributed by atoms with van der Waals surface area (Å²) >= 11 is 1.96. The van der Waals surface area contributed by atoms with Crippen LogP contribution >= 0.6 is 11.8 Å². The summed E-state index contributed by atoms with van der Waals surface area (Å²) in [6.07, 6.45) is 3.04. The summed E-state index contributed by atoms with van der Waals surface area (Å²) in [4.78, 5) is 12.1. The molecule has 1 aliphatic rings. The van der Waals surface area contributed by atoms with Gasteiger partial charge in [0.1, 0.15) is 12.4 Å². The first-order valence-electron chi connectivity index (χ1n) is 7.37. The van der Waals surface area contributed by atoms with Gasteiger partial charge in [-0.2, -0.15) is 11.8 Å². The van der Waals surface area contributed by atoms with E-state index in [2.05, 4.69) is 12.2 Å². The summed E-state index contributed by atoms with van der Waals surface area (Å²) in [7, 11) is 0. The lowest BCUT2D eigenvalue weighted by molar-refractivity contribution is -0.126. The molecule has 1 amide bonds. The first-order valence-corrected chi connectivity index (χ1v) is 8.53. The van der Waals surface area contributed by atoms with Crippen molar-refractivity contribution in [3.8, 4) is 5.75 Å². The first-order chi connectivity index (χ1) is 9.81. The summed E-state index contributed by atoms with van der Waals surface area (Å²) < 4.78 is 5.65. The van der Waals surface area contributed by atoms with Gasteiger partial charge in [0.05, 0.1) is 5.92 Å². The number of para-hydroxylation sites is 1. The number of carbonyl (C=O) groups is 1. The van der Waals surface area contributed by atoms with Crippen LogP contribution in [0.2, 0.25) is 0 Å². The van der Waals surface area contributed by atoms with Crippen molar-refractivity contribution in [2.45, 2.75) is 26.2 Å². The second kappa shape index (κ2) is 8.20. The van der Waals surface area contributed by atoms with Crippen LogP contribution in [0.1, 0.15) is 25.3 Å². The fourth-order valence-electron chi connectivity index (χ4n) is 2.27. The van der Waals surface area contributed by atoms with Crippen LogP contribution in [0.4, 0.5) is 0 Å². The van der Waals surface area contributed by atoms with Gasteiger partial charge in [-0.1, -0.05) is 25.1 Å². The number of rotatable bonds is 7. The SMILES string of the molecule is CCCSCCCNC(=O)[C@H]1COc2ccccc2C1. The molecule has 110 valence electrons. The molecular formula is C16H23NO2S. The molecule has 0 aromatic heterocycles. The molecule has 1 N–H and O–H groups in total. The maximum absolute atomic E-state index is 12.1. The third kappa shape index (κ3) is 4.44. The number of benzene rings is 1. The van der Waals surface area contributed by atoms with Gasteiger partial charge in [0, 0.05) is 6.54 Å². The molecule has 3 nitrogen and oxygen atoms in total. The summed E-state index contributed by atoms with van der Waals surface area (Å²) in [6.45, 7) is 3.46. The molecule has 4 heteroatoms. The van der Waals surface area contributed by atoms with Crippen LogP contribution in [-0.4, -0.2) is 30.6 Å². The Labute approximate surface area is 125 Å². The van der Waals surface area contributed by atoms with E-state index in [4.69, 9.17) is 4.74 Å². The van der Waals surface area contributed by atoms with E-state index in [-0.39, 0.29) is 11.8 Å². The number of amides is 1. The maximum Gasteiger partial charge on any atom is 0.226 e. The maximum atomic E-state index is 12.1. The molecule has 1 aliphatic heterocycles. The Balaban J connectivity index is 1.69. The van der Waals surface area contributed by atoms with Crippen molar-refractivity contribution in [3.63, 3.8) is 0 Å². The van der Waals surface area contributed by atoms with Gasteiger partial charge < -0.3 is 10.1 Å². The highest BCUT2D eigenvalue weighted by Gasteiger charge is 2.25. The number of hydrogen-bond donors (Lipinski definition) is 1. The second-order valence-corrected chi connectivity index (χ2v) is 6.30. The molecule has 2 rings (SSSR count). The van der Waals surface area contributed by atoms with Gasteiger partial charge in [-0.15, -0.1) is 0 Å². The van der Waals surface area contributed by atoms with Crippen molar-refractivity contribution in [3.05, 3.63) is 29.8 Å². The quantitative estimate of drug-likeness (QED) is 0.786. The van der Waals surface area contributed by atoms with Gasteiger partial charge in [-0.05, 0) is 42.4 Å². The van der Waals surface area contributed by atoms with Crippen molar-refractivity contribution in [1.29, 1.82) is 0 Å². The predicted octanol–water partition coefficient (Wildman–Crippen LogP) is 2.89. The fourth-order valence-corrected chi connectivity index (χ4v) is 3.11. The van der Waals surface area contributed by atoms with Crippen LogP contribution in [0.3, 0.4) is 0 Å². The zero-order valence-corrected chi connectivity index (χ0v) is 12.9. The minimum absolute atomic E-state index is 0.0480. The molecular weight excluding hydrogens is 270 g/mol. The van der Waals surface area contributed by atoms with Gasteiger partial charge in [0.2, 0.25) is 5.91 Å². The zero-order chi connectivity index (χ0) is 14.2. The largest absolute Gasteiger partial charge is 0.492 e. The first kappa shape index (κ1) is 15.2. The van der Waals surface area contributed by atoms with Crippen molar-refractivity contribution >= 4 is 17.7 Å². The van der Waals surface area contributed by atoms with E-state index in [9.17, 15) is 4.79 Å². The van der Waals surface area contributed by atoms with Crippen molar-refractivity contribution in [1.82, 2.24) is 5.32 Å². The normalized spacial score (nSPS) is 17.1. The molecule has 0 unspecified atom stereocenters. The van der Waals surface area contributed by atoms with E-state index in [0.717, 1.165) is 36.5 Å². The lowest BCUT2D eigenvalue weighted by Crippen LogP contribution is -2.37. The Kier molecular flexibility index (Phi) is 6.25. The number of fused-ring (bicyclic) bond motifs is 1. The monoisotopic (exact) mass is 293 g/mol. The molecule has 0 bridgehead atoms.